The van der Waals surface area contributed by atoms with E-state index >= 15 is 0 Å². The average Bonchev–Trinajstić information content (AvgIpc) is 2.55. The minimum atomic E-state index is 0.727. The van der Waals surface area contributed by atoms with Gasteiger partial charge in [-0.25, -0.2) is 9.97 Å². The summed E-state index contributed by atoms with van der Waals surface area (Å²) < 4.78 is 6.66. The molecule has 0 aliphatic heterocycles. The summed E-state index contributed by atoms with van der Waals surface area (Å²) in [5.74, 6) is 1.64. The number of halogens is 1. The van der Waals surface area contributed by atoms with E-state index in [4.69, 9.17) is 4.74 Å². The van der Waals surface area contributed by atoms with Gasteiger partial charge in [-0.3, -0.25) is 0 Å². The van der Waals surface area contributed by atoms with E-state index in [1.54, 1.807) is 12.4 Å². The van der Waals surface area contributed by atoms with Gasteiger partial charge in [0.05, 0.1) is 11.1 Å². The van der Waals surface area contributed by atoms with Crippen LogP contribution in [0, 0.1) is 0 Å². The number of unbranched alkanes of at least 4 members (excludes halogenated alkanes) is 5. The Bertz CT molecular complexity index is 540. The van der Waals surface area contributed by atoms with Crippen molar-refractivity contribution >= 4 is 15.9 Å². The monoisotopic (exact) mass is 362 g/mol. The molecule has 0 saturated heterocycles. The van der Waals surface area contributed by atoms with Gasteiger partial charge in [-0.05, 0) is 46.6 Å². The van der Waals surface area contributed by atoms with Crippen molar-refractivity contribution in [2.24, 2.45) is 0 Å². The van der Waals surface area contributed by atoms with Crippen LogP contribution in [0.1, 0.15) is 45.4 Å². The van der Waals surface area contributed by atoms with Crippen LogP contribution in [-0.4, -0.2) is 16.6 Å². The molecule has 118 valence electrons. The minimum absolute atomic E-state index is 0.727. The van der Waals surface area contributed by atoms with E-state index < -0.39 is 0 Å². The van der Waals surface area contributed by atoms with Crippen molar-refractivity contribution in [2.75, 3.05) is 6.61 Å². The highest BCUT2D eigenvalue weighted by molar-refractivity contribution is 9.10. The van der Waals surface area contributed by atoms with Gasteiger partial charge in [-0.15, -0.1) is 0 Å². The molecule has 0 aliphatic carbocycles. The van der Waals surface area contributed by atoms with Crippen molar-refractivity contribution in [3.63, 3.8) is 0 Å². The smallest absolute Gasteiger partial charge is 0.159 e. The van der Waals surface area contributed by atoms with Gasteiger partial charge in [0.25, 0.3) is 0 Å². The summed E-state index contributed by atoms with van der Waals surface area (Å²) in [6, 6.07) is 7.97. The molecule has 0 radical (unpaired) electrons. The predicted molar refractivity (Wildman–Crippen MR) is 94.0 cm³/mol. The molecule has 1 heterocycles. The SMILES string of the molecule is CCCCCCCCOc1ccc(-c2ncc(Br)cn2)cc1. The van der Waals surface area contributed by atoms with Gasteiger partial charge < -0.3 is 4.74 Å². The fourth-order valence-corrected chi connectivity index (χ4v) is 2.44. The molecular weight excluding hydrogens is 340 g/mol. The van der Waals surface area contributed by atoms with Crippen LogP contribution in [0.2, 0.25) is 0 Å². The van der Waals surface area contributed by atoms with Crippen molar-refractivity contribution in [1.29, 1.82) is 0 Å². The van der Waals surface area contributed by atoms with Crippen molar-refractivity contribution in [3.8, 4) is 17.1 Å². The van der Waals surface area contributed by atoms with E-state index in [1.807, 2.05) is 24.3 Å². The van der Waals surface area contributed by atoms with Gasteiger partial charge in [0.1, 0.15) is 5.75 Å². The Balaban J connectivity index is 1.74. The second kappa shape index (κ2) is 9.57. The fraction of sp³-hybridized carbons (Fsp3) is 0.444. The van der Waals surface area contributed by atoms with Crippen molar-refractivity contribution in [2.45, 2.75) is 45.4 Å². The number of aromatic nitrogens is 2. The fourth-order valence-electron chi connectivity index (χ4n) is 2.23. The van der Waals surface area contributed by atoms with E-state index in [2.05, 4.69) is 32.8 Å². The Morgan fingerprint density at radius 1 is 0.909 bits per heavy atom. The zero-order valence-corrected chi connectivity index (χ0v) is 14.7. The summed E-state index contributed by atoms with van der Waals surface area (Å²) in [7, 11) is 0. The van der Waals surface area contributed by atoms with Crippen LogP contribution in [-0.2, 0) is 0 Å². The maximum atomic E-state index is 5.77. The Morgan fingerprint density at radius 3 is 2.23 bits per heavy atom. The second-order valence-electron chi connectivity index (χ2n) is 5.37. The molecule has 0 aliphatic rings. The summed E-state index contributed by atoms with van der Waals surface area (Å²) in [4.78, 5) is 8.58. The minimum Gasteiger partial charge on any atom is -0.494 e. The van der Waals surface area contributed by atoms with Crippen LogP contribution in [0.4, 0.5) is 0 Å². The quantitative estimate of drug-likeness (QED) is 0.541. The first-order valence-corrected chi connectivity index (χ1v) is 8.79. The van der Waals surface area contributed by atoms with E-state index in [-0.39, 0.29) is 0 Å². The third-order valence-corrected chi connectivity index (χ3v) is 3.91. The molecular formula is C18H23BrN2O. The van der Waals surface area contributed by atoms with Gasteiger partial charge in [-0.1, -0.05) is 39.0 Å². The molecule has 22 heavy (non-hydrogen) atoms. The Morgan fingerprint density at radius 2 is 1.55 bits per heavy atom. The topological polar surface area (TPSA) is 35.0 Å². The first kappa shape index (κ1) is 16.9. The molecule has 3 nitrogen and oxygen atoms in total. The molecule has 1 aromatic carbocycles. The van der Waals surface area contributed by atoms with E-state index in [0.717, 1.165) is 34.6 Å². The molecule has 0 saturated carbocycles. The summed E-state index contributed by atoms with van der Waals surface area (Å²) >= 11 is 3.34. The number of hydrogen-bond donors (Lipinski definition) is 0. The highest BCUT2D eigenvalue weighted by Gasteiger charge is 2.01. The highest BCUT2D eigenvalue weighted by atomic mass is 79.9. The Kier molecular flexibility index (Phi) is 7.37. The highest BCUT2D eigenvalue weighted by Crippen LogP contribution is 2.20. The normalized spacial score (nSPS) is 10.6. The van der Waals surface area contributed by atoms with Crippen LogP contribution in [0.15, 0.2) is 41.1 Å². The first-order valence-electron chi connectivity index (χ1n) is 8.00. The van der Waals surface area contributed by atoms with Crippen LogP contribution in [0.5, 0.6) is 5.75 Å². The summed E-state index contributed by atoms with van der Waals surface area (Å²) in [6.07, 6.45) is 11.2. The van der Waals surface area contributed by atoms with Crippen LogP contribution < -0.4 is 4.74 Å². The number of rotatable bonds is 9. The molecule has 4 heteroatoms. The molecule has 0 bridgehead atoms. The number of nitrogens with zero attached hydrogens (tertiary/aromatic N) is 2. The number of hydrogen-bond acceptors (Lipinski definition) is 3. The molecule has 0 spiro atoms. The molecule has 0 fully saturated rings. The van der Waals surface area contributed by atoms with Crippen LogP contribution in [0.3, 0.4) is 0 Å². The van der Waals surface area contributed by atoms with Crippen LogP contribution in [0.25, 0.3) is 11.4 Å². The molecule has 0 N–H and O–H groups in total. The third-order valence-electron chi connectivity index (χ3n) is 3.50. The maximum absolute atomic E-state index is 5.77. The maximum Gasteiger partial charge on any atom is 0.159 e. The molecule has 0 atom stereocenters. The Hall–Kier alpha value is -1.42. The molecule has 1 aromatic heterocycles. The lowest BCUT2D eigenvalue weighted by atomic mass is 10.1. The van der Waals surface area contributed by atoms with Crippen molar-refractivity contribution in [3.05, 3.63) is 41.1 Å². The lowest BCUT2D eigenvalue weighted by Gasteiger charge is -2.07. The first-order chi connectivity index (χ1) is 10.8. The standard InChI is InChI=1S/C18H23BrN2O/c1-2-3-4-5-6-7-12-22-17-10-8-15(9-11-17)18-20-13-16(19)14-21-18/h8-11,13-14H,2-7,12H2,1H3. The molecule has 0 amide bonds. The van der Waals surface area contributed by atoms with Crippen LogP contribution >= 0.6 is 15.9 Å². The van der Waals surface area contributed by atoms with Gasteiger partial charge in [-0.2, -0.15) is 0 Å². The molecule has 2 aromatic rings. The van der Waals surface area contributed by atoms with E-state index in [1.165, 1.54) is 32.1 Å². The van der Waals surface area contributed by atoms with Gasteiger partial charge in [0, 0.05) is 18.0 Å². The summed E-state index contributed by atoms with van der Waals surface area (Å²) in [5, 5.41) is 0. The Labute approximate surface area is 141 Å². The molecule has 0 unspecified atom stereocenters. The van der Waals surface area contributed by atoms with Gasteiger partial charge in [0.2, 0.25) is 0 Å². The lowest BCUT2D eigenvalue weighted by molar-refractivity contribution is 0.304. The lowest BCUT2D eigenvalue weighted by Crippen LogP contribution is -1.97. The van der Waals surface area contributed by atoms with Crippen molar-refractivity contribution < 1.29 is 4.74 Å². The summed E-state index contributed by atoms with van der Waals surface area (Å²) in [5.41, 5.74) is 0.999. The van der Waals surface area contributed by atoms with Gasteiger partial charge >= 0.3 is 0 Å². The zero-order valence-electron chi connectivity index (χ0n) is 13.1. The number of ether oxygens (including phenoxy) is 1. The summed E-state index contributed by atoms with van der Waals surface area (Å²) in [6.45, 7) is 3.03. The largest absolute Gasteiger partial charge is 0.494 e. The van der Waals surface area contributed by atoms with E-state index in [9.17, 15) is 0 Å². The third kappa shape index (κ3) is 5.76. The van der Waals surface area contributed by atoms with Crippen molar-refractivity contribution in [1.82, 2.24) is 9.97 Å². The molecule has 2 rings (SSSR count). The zero-order chi connectivity index (χ0) is 15.6. The van der Waals surface area contributed by atoms with Gasteiger partial charge in [0.15, 0.2) is 5.82 Å². The second-order valence-corrected chi connectivity index (χ2v) is 6.28. The number of benzene rings is 1. The average molecular weight is 363 g/mol. The predicted octanol–water partition coefficient (Wildman–Crippen LogP) is 5.65. The van der Waals surface area contributed by atoms with E-state index in [0.29, 0.717) is 0 Å².